The van der Waals surface area contributed by atoms with Gasteiger partial charge in [0.1, 0.15) is 0 Å². The zero-order chi connectivity index (χ0) is 23.4. The molecule has 0 saturated carbocycles. The normalized spacial score (nSPS) is 12.7. The lowest BCUT2D eigenvalue weighted by atomic mass is 10.1. The van der Waals surface area contributed by atoms with E-state index in [4.69, 9.17) is 0 Å². The van der Waals surface area contributed by atoms with Crippen LogP contribution in [-0.2, 0) is 24.3 Å². The van der Waals surface area contributed by atoms with E-state index < -0.39 is 0 Å². The molecule has 33 heavy (non-hydrogen) atoms. The minimum atomic E-state index is -0.336. The molecule has 1 aromatic heterocycles. The Balaban J connectivity index is 1.47. The second-order valence-corrected chi connectivity index (χ2v) is 8.34. The lowest BCUT2D eigenvalue weighted by Gasteiger charge is -2.24. The van der Waals surface area contributed by atoms with Gasteiger partial charge in [0.15, 0.2) is 0 Å². The number of hydrogen-bond acceptors (Lipinski definition) is 4. The molecule has 6 heteroatoms. The van der Waals surface area contributed by atoms with Gasteiger partial charge in [0.2, 0.25) is 5.91 Å². The topological polar surface area (TPSA) is 70.6 Å². The molecule has 2 aromatic carbocycles. The van der Waals surface area contributed by atoms with Crippen LogP contribution in [0, 0.1) is 6.92 Å². The first-order valence-electron chi connectivity index (χ1n) is 11.2. The van der Waals surface area contributed by atoms with E-state index in [0.717, 1.165) is 23.1 Å². The number of hydrogen-bond donors (Lipinski definition) is 0. The average Bonchev–Trinajstić information content (AvgIpc) is 3.07. The third-order valence-corrected chi connectivity index (χ3v) is 5.93. The summed E-state index contributed by atoms with van der Waals surface area (Å²) in [6.07, 6.45) is 4.46. The van der Waals surface area contributed by atoms with Crippen molar-refractivity contribution in [3.63, 3.8) is 0 Å². The van der Waals surface area contributed by atoms with Gasteiger partial charge in [0, 0.05) is 38.4 Å². The van der Waals surface area contributed by atoms with Crippen molar-refractivity contribution in [3.8, 4) is 0 Å². The zero-order valence-electron chi connectivity index (χ0n) is 19.0. The number of aryl methyl sites for hydroxylation is 2. The first kappa shape index (κ1) is 22.4. The lowest BCUT2D eigenvalue weighted by molar-refractivity contribution is -0.132. The number of fused-ring (bicyclic) bond motifs is 1. The second-order valence-electron chi connectivity index (χ2n) is 8.34. The van der Waals surface area contributed by atoms with Crippen molar-refractivity contribution in [2.75, 3.05) is 6.54 Å². The Morgan fingerprint density at radius 3 is 2.30 bits per heavy atom. The molecule has 1 aliphatic heterocycles. The smallest absolute Gasteiger partial charge is 0.261 e. The van der Waals surface area contributed by atoms with E-state index in [1.165, 1.54) is 10.5 Å². The van der Waals surface area contributed by atoms with Crippen molar-refractivity contribution >= 4 is 17.7 Å². The number of rotatable bonds is 8. The number of carbonyl (C=O) groups excluding carboxylic acids is 3. The molecule has 4 rings (SSSR count). The summed E-state index contributed by atoms with van der Waals surface area (Å²) in [6.45, 7) is 4.90. The van der Waals surface area contributed by atoms with Crippen LogP contribution in [0.15, 0.2) is 67.0 Å². The monoisotopic (exact) mass is 441 g/mol. The van der Waals surface area contributed by atoms with Crippen LogP contribution in [0.5, 0.6) is 0 Å². The molecule has 1 aliphatic rings. The molecule has 0 saturated heterocycles. The summed E-state index contributed by atoms with van der Waals surface area (Å²) < 4.78 is 0. The molecule has 3 amide bonds. The number of benzene rings is 2. The highest BCUT2D eigenvalue weighted by Gasteiger charge is 2.35. The Bertz CT molecular complexity index is 1170. The summed E-state index contributed by atoms with van der Waals surface area (Å²) in [4.78, 5) is 45.8. The molecule has 0 bridgehead atoms. The first-order valence-corrected chi connectivity index (χ1v) is 11.2. The van der Waals surface area contributed by atoms with Gasteiger partial charge < -0.3 is 4.90 Å². The summed E-state index contributed by atoms with van der Waals surface area (Å²) in [5, 5.41) is 0. The van der Waals surface area contributed by atoms with E-state index in [0.29, 0.717) is 24.2 Å². The maximum absolute atomic E-state index is 13.2. The summed E-state index contributed by atoms with van der Waals surface area (Å²) in [5.41, 5.74) is 4.93. The number of amides is 3. The molecular formula is C27H27N3O3. The predicted octanol–water partition coefficient (Wildman–Crippen LogP) is 4.17. The Labute approximate surface area is 193 Å². The molecule has 168 valence electrons. The van der Waals surface area contributed by atoms with Gasteiger partial charge in [-0.3, -0.25) is 24.3 Å². The zero-order valence-corrected chi connectivity index (χ0v) is 19.0. The molecular weight excluding hydrogens is 414 g/mol. The van der Waals surface area contributed by atoms with E-state index in [2.05, 4.69) is 24.0 Å². The van der Waals surface area contributed by atoms with Crippen LogP contribution >= 0.6 is 0 Å². The van der Waals surface area contributed by atoms with Crippen LogP contribution in [0.25, 0.3) is 0 Å². The molecule has 0 radical (unpaired) electrons. The predicted molar refractivity (Wildman–Crippen MR) is 125 cm³/mol. The van der Waals surface area contributed by atoms with Gasteiger partial charge in [-0.1, -0.05) is 48.9 Å². The lowest BCUT2D eigenvalue weighted by Crippen LogP contribution is -2.36. The fraction of sp³-hybridized carbons (Fsp3) is 0.259. The van der Waals surface area contributed by atoms with Crippen molar-refractivity contribution in [2.45, 2.75) is 39.8 Å². The molecule has 0 atom stereocenters. The number of pyridine rings is 1. The highest BCUT2D eigenvalue weighted by Crippen LogP contribution is 2.24. The fourth-order valence-electron chi connectivity index (χ4n) is 4.02. The minimum absolute atomic E-state index is 0.0581. The molecule has 0 spiro atoms. The Morgan fingerprint density at radius 2 is 1.61 bits per heavy atom. The number of imide groups is 1. The third-order valence-electron chi connectivity index (χ3n) is 5.93. The van der Waals surface area contributed by atoms with Crippen LogP contribution in [0.2, 0.25) is 0 Å². The molecule has 3 aromatic rings. The van der Waals surface area contributed by atoms with E-state index in [-0.39, 0.29) is 30.7 Å². The number of carbonyl (C=O) groups is 3. The summed E-state index contributed by atoms with van der Waals surface area (Å²) in [5.74, 6) is -0.789. The standard InChI is InChI=1S/C27H27N3O3/c1-3-20-7-9-21(10-8-20)17-29(18-22-5-4-13-28-16-22)25(31)12-14-30-26(32)23-11-6-19(2)15-24(23)27(30)33/h4-11,13,15-16H,3,12,14,17-18H2,1-2H3. The maximum atomic E-state index is 13.2. The highest BCUT2D eigenvalue weighted by molar-refractivity contribution is 6.21. The van der Waals surface area contributed by atoms with E-state index in [1.54, 1.807) is 29.4 Å². The first-order chi connectivity index (χ1) is 16.0. The van der Waals surface area contributed by atoms with Crippen LogP contribution in [0.1, 0.15) is 56.3 Å². The van der Waals surface area contributed by atoms with Gasteiger partial charge in [0.05, 0.1) is 11.1 Å². The quantitative estimate of drug-likeness (QED) is 0.492. The summed E-state index contributed by atoms with van der Waals surface area (Å²) in [7, 11) is 0. The number of nitrogens with zero attached hydrogens (tertiary/aromatic N) is 3. The van der Waals surface area contributed by atoms with Gasteiger partial charge in [-0.2, -0.15) is 0 Å². The van der Waals surface area contributed by atoms with Crippen LogP contribution in [0.4, 0.5) is 0 Å². The number of aromatic nitrogens is 1. The summed E-state index contributed by atoms with van der Waals surface area (Å²) in [6, 6.07) is 17.2. The van der Waals surface area contributed by atoms with Gasteiger partial charge in [-0.05, 0) is 48.2 Å². The van der Waals surface area contributed by atoms with Crippen molar-refractivity contribution in [1.29, 1.82) is 0 Å². The van der Waals surface area contributed by atoms with Gasteiger partial charge in [0.25, 0.3) is 11.8 Å². The van der Waals surface area contributed by atoms with Crippen molar-refractivity contribution in [1.82, 2.24) is 14.8 Å². The molecule has 0 N–H and O–H groups in total. The fourth-order valence-corrected chi connectivity index (χ4v) is 4.02. The summed E-state index contributed by atoms with van der Waals surface area (Å²) >= 11 is 0. The largest absolute Gasteiger partial charge is 0.334 e. The van der Waals surface area contributed by atoms with Crippen molar-refractivity contribution in [3.05, 3.63) is 100 Å². The van der Waals surface area contributed by atoms with E-state index in [1.807, 2.05) is 37.3 Å². The minimum Gasteiger partial charge on any atom is -0.334 e. The molecule has 2 heterocycles. The Hall–Kier alpha value is -3.80. The third kappa shape index (κ3) is 5.00. The van der Waals surface area contributed by atoms with Crippen LogP contribution < -0.4 is 0 Å². The second kappa shape index (κ2) is 9.77. The van der Waals surface area contributed by atoms with Crippen LogP contribution in [-0.4, -0.2) is 39.1 Å². The van der Waals surface area contributed by atoms with Gasteiger partial charge >= 0.3 is 0 Å². The maximum Gasteiger partial charge on any atom is 0.261 e. The van der Waals surface area contributed by atoms with E-state index in [9.17, 15) is 14.4 Å². The van der Waals surface area contributed by atoms with Gasteiger partial charge in [-0.25, -0.2) is 0 Å². The highest BCUT2D eigenvalue weighted by atomic mass is 16.2. The average molecular weight is 442 g/mol. The van der Waals surface area contributed by atoms with E-state index >= 15 is 0 Å². The molecule has 6 nitrogen and oxygen atoms in total. The molecule has 0 aliphatic carbocycles. The van der Waals surface area contributed by atoms with Crippen molar-refractivity contribution < 1.29 is 14.4 Å². The molecule has 0 unspecified atom stereocenters. The Kier molecular flexibility index (Phi) is 6.63. The SMILES string of the molecule is CCc1ccc(CN(Cc2cccnc2)C(=O)CCN2C(=O)c3ccc(C)cc3C2=O)cc1. The molecule has 0 fully saturated rings. The van der Waals surface area contributed by atoms with Gasteiger partial charge in [-0.15, -0.1) is 0 Å². The van der Waals surface area contributed by atoms with Crippen LogP contribution in [0.3, 0.4) is 0 Å². The van der Waals surface area contributed by atoms with Crippen molar-refractivity contribution in [2.24, 2.45) is 0 Å². The Morgan fingerprint density at radius 1 is 0.909 bits per heavy atom.